The van der Waals surface area contributed by atoms with Crippen LogP contribution in [0.25, 0.3) is 0 Å². The fourth-order valence-corrected chi connectivity index (χ4v) is 2.37. The number of hydrogen-bond acceptors (Lipinski definition) is 5. The number of carbonyl (C=O) groups is 1. The largest absolute Gasteiger partial charge is 0.492 e. The van der Waals surface area contributed by atoms with Gasteiger partial charge in [-0.15, -0.1) is 0 Å². The van der Waals surface area contributed by atoms with Crippen molar-refractivity contribution in [3.05, 3.63) is 23.8 Å². The van der Waals surface area contributed by atoms with Crippen molar-refractivity contribution in [2.75, 3.05) is 37.0 Å². The van der Waals surface area contributed by atoms with E-state index in [2.05, 4.69) is 5.32 Å². The zero-order valence-corrected chi connectivity index (χ0v) is 12.5. The van der Waals surface area contributed by atoms with E-state index in [1.165, 1.54) is 0 Å². The lowest BCUT2D eigenvalue weighted by atomic mass is 10.2. The van der Waals surface area contributed by atoms with E-state index < -0.39 is 0 Å². The standard InChI is InChI=1S/C14H22N2O3S/c1-2-19-13-5-4-11(10-12(13)15)14(18)16-6-9-20-8-3-7-17/h4-5,10,17H,2-3,6-9,15H2,1H3,(H,16,18). The number of hydrogen-bond donors (Lipinski definition) is 3. The van der Waals surface area contributed by atoms with E-state index in [9.17, 15) is 4.79 Å². The number of benzene rings is 1. The van der Waals surface area contributed by atoms with Crippen LogP contribution in [0.4, 0.5) is 5.69 Å². The fourth-order valence-electron chi connectivity index (χ4n) is 1.58. The molecule has 5 nitrogen and oxygen atoms in total. The average Bonchev–Trinajstić information content (AvgIpc) is 2.45. The van der Waals surface area contributed by atoms with E-state index in [-0.39, 0.29) is 12.5 Å². The number of aliphatic hydroxyl groups is 1. The molecular weight excluding hydrogens is 276 g/mol. The number of anilines is 1. The number of nitrogens with one attached hydrogen (secondary N) is 1. The summed E-state index contributed by atoms with van der Waals surface area (Å²) < 4.78 is 5.33. The molecule has 20 heavy (non-hydrogen) atoms. The van der Waals surface area contributed by atoms with Crippen molar-refractivity contribution in [3.63, 3.8) is 0 Å². The normalized spacial score (nSPS) is 10.3. The highest BCUT2D eigenvalue weighted by molar-refractivity contribution is 7.99. The van der Waals surface area contributed by atoms with Crippen LogP contribution in [0.1, 0.15) is 23.7 Å². The minimum atomic E-state index is -0.137. The molecule has 1 amide bonds. The lowest BCUT2D eigenvalue weighted by Gasteiger charge is -2.09. The van der Waals surface area contributed by atoms with Crippen molar-refractivity contribution in [1.82, 2.24) is 5.32 Å². The smallest absolute Gasteiger partial charge is 0.251 e. The molecule has 0 aliphatic heterocycles. The Labute approximate surface area is 123 Å². The molecule has 0 atom stereocenters. The zero-order valence-electron chi connectivity index (χ0n) is 11.7. The molecule has 0 saturated heterocycles. The van der Waals surface area contributed by atoms with Crippen LogP contribution >= 0.6 is 11.8 Å². The summed E-state index contributed by atoms with van der Waals surface area (Å²) in [6.45, 7) is 3.24. The predicted molar refractivity (Wildman–Crippen MR) is 83.4 cm³/mol. The number of nitrogens with two attached hydrogens (primary N) is 1. The Bertz CT molecular complexity index is 427. The molecule has 4 N–H and O–H groups in total. The predicted octanol–water partition coefficient (Wildman–Crippen LogP) is 1.51. The van der Waals surface area contributed by atoms with Crippen LogP contribution in [-0.2, 0) is 0 Å². The number of amides is 1. The second kappa shape index (κ2) is 9.50. The van der Waals surface area contributed by atoms with Gasteiger partial charge in [0.05, 0.1) is 12.3 Å². The Morgan fingerprint density at radius 3 is 2.90 bits per heavy atom. The van der Waals surface area contributed by atoms with Gasteiger partial charge in [-0.3, -0.25) is 4.79 Å². The molecule has 1 aromatic carbocycles. The third-order valence-electron chi connectivity index (χ3n) is 2.55. The molecule has 0 fully saturated rings. The summed E-state index contributed by atoms with van der Waals surface area (Å²) in [7, 11) is 0. The van der Waals surface area contributed by atoms with Gasteiger partial charge in [0.2, 0.25) is 0 Å². The van der Waals surface area contributed by atoms with E-state index in [1.807, 2.05) is 6.92 Å². The molecule has 6 heteroatoms. The molecule has 0 aliphatic carbocycles. The second-order valence-electron chi connectivity index (χ2n) is 4.13. The van der Waals surface area contributed by atoms with E-state index in [0.29, 0.717) is 30.2 Å². The quantitative estimate of drug-likeness (QED) is 0.475. The third-order valence-corrected chi connectivity index (χ3v) is 3.62. The molecule has 0 saturated carbocycles. The molecule has 1 rings (SSSR count). The molecule has 0 bridgehead atoms. The molecular formula is C14H22N2O3S. The van der Waals surface area contributed by atoms with Gasteiger partial charge < -0.3 is 20.9 Å². The SMILES string of the molecule is CCOc1ccc(C(=O)NCCSCCCO)cc1N. The average molecular weight is 298 g/mol. The highest BCUT2D eigenvalue weighted by Gasteiger charge is 2.08. The topological polar surface area (TPSA) is 84.6 Å². The molecule has 0 unspecified atom stereocenters. The van der Waals surface area contributed by atoms with Crippen LogP contribution in [0.3, 0.4) is 0 Å². The highest BCUT2D eigenvalue weighted by atomic mass is 32.2. The van der Waals surface area contributed by atoms with Crippen molar-refractivity contribution in [2.24, 2.45) is 0 Å². The van der Waals surface area contributed by atoms with E-state index in [4.69, 9.17) is 15.6 Å². The number of nitrogen functional groups attached to an aromatic ring is 1. The molecule has 0 aromatic heterocycles. The summed E-state index contributed by atoms with van der Waals surface area (Å²) in [5, 5.41) is 11.5. The lowest BCUT2D eigenvalue weighted by molar-refractivity contribution is 0.0956. The summed E-state index contributed by atoms with van der Waals surface area (Å²) in [5.74, 6) is 2.20. The first kappa shape index (κ1) is 16.7. The van der Waals surface area contributed by atoms with Crippen molar-refractivity contribution in [3.8, 4) is 5.75 Å². The van der Waals surface area contributed by atoms with Gasteiger partial charge in [0.1, 0.15) is 5.75 Å². The van der Waals surface area contributed by atoms with Crippen LogP contribution in [0.2, 0.25) is 0 Å². The minimum absolute atomic E-state index is 0.137. The van der Waals surface area contributed by atoms with Gasteiger partial charge in [-0.2, -0.15) is 11.8 Å². The summed E-state index contributed by atoms with van der Waals surface area (Å²) >= 11 is 1.71. The van der Waals surface area contributed by atoms with E-state index in [1.54, 1.807) is 30.0 Å². The van der Waals surface area contributed by atoms with Crippen molar-refractivity contribution in [1.29, 1.82) is 0 Å². The Balaban J connectivity index is 2.38. The highest BCUT2D eigenvalue weighted by Crippen LogP contribution is 2.22. The van der Waals surface area contributed by atoms with Crippen LogP contribution in [-0.4, -0.2) is 42.3 Å². The monoisotopic (exact) mass is 298 g/mol. The Kier molecular flexibility index (Phi) is 7.91. The maximum absolute atomic E-state index is 11.9. The molecule has 0 radical (unpaired) electrons. The van der Waals surface area contributed by atoms with Gasteiger partial charge in [-0.25, -0.2) is 0 Å². The Morgan fingerprint density at radius 2 is 2.25 bits per heavy atom. The summed E-state index contributed by atoms with van der Waals surface area (Å²) in [6, 6.07) is 5.04. The van der Waals surface area contributed by atoms with Crippen LogP contribution in [0.15, 0.2) is 18.2 Å². The number of carbonyl (C=O) groups excluding carboxylic acids is 1. The van der Waals surface area contributed by atoms with Gasteiger partial charge in [0.15, 0.2) is 0 Å². The van der Waals surface area contributed by atoms with Gasteiger partial charge in [0.25, 0.3) is 5.91 Å². The van der Waals surface area contributed by atoms with Gasteiger partial charge >= 0.3 is 0 Å². The summed E-state index contributed by atoms with van der Waals surface area (Å²) in [4.78, 5) is 11.9. The molecule has 0 spiro atoms. The maximum Gasteiger partial charge on any atom is 0.251 e. The molecule has 112 valence electrons. The van der Waals surface area contributed by atoms with Gasteiger partial charge in [-0.1, -0.05) is 0 Å². The first-order chi connectivity index (χ1) is 9.69. The summed E-state index contributed by atoms with van der Waals surface area (Å²) in [5.41, 5.74) is 6.83. The maximum atomic E-state index is 11.9. The van der Waals surface area contributed by atoms with E-state index >= 15 is 0 Å². The van der Waals surface area contributed by atoms with Gasteiger partial charge in [-0.05, 0) is 37.3 Å². The van der Waals surface area contributed by atoms with Crippen LogP contribution in [0, 0.1) is 0 Å². The first-order valence-electron chi connectivity index (χ1n) is 6.68. The second-order valence-corrected chi connectivity index (χ2v) is 5.36. The third kappa shape index (κ3) is 5.71. The van der Waals surface area contributed by atoms with Crippen molar-refractivity contribution >= 4 is 23.4 Å². The van der Waals surface area contributed by atoms with Crippen molar-refractivity contribution in [2.45, 2.75) is 13.3 Å². The molecule has 1 aromatic rings. The van der Waals surface area contributed by atoms with Gasteiger partial charge in [0, 0.05) is 24.5 Å². The number of aliphatic hydroxyl groups excluding tert-OH is 1. The Hall–Kier alpha value is -1.40. The number of thioether (sulfide) groups is 1. The summed E-state index contributed by atoms with van der Waals surface area (Å²) in [6.07, 6.45) is 0.786. The van der Waals surface area contributed by atoms with E-state index in [0.717, 1.165) is 17.9 Å². The van der Waals surface area contributed by atoms with Crippen LogP contribution in [0.5, 0.6) is 5.75 Å². The van der Waals surface area contributed by atoms with Crippen LogP contribution < -0.4 is 15.8 Å². The zero-order chi connectivity index (χ0) is 14.8. The number of ether oxygens (including phenoxy) is 1. The molecule has 0 aliphatic rings. The minimum Gasteiger partial charge on any atom is -0.492 e. The molecule has 0 heterocycles. The van der Waals surface area contributed by atoms with Crippen molar-refractivity contribution < 1.29 is 14.6 Å². The Morgan fingerprint density at radius 1 is 1.45 bits per heavy atom. The first-order valence-corrected chi connectivity index (χ1v) is 7.83. The number of rotatable bonds is 9. The lowest BCUT2D eigenvalue weighted by Crippen LogP contribution is -2.25. The fraction of sp³-hybridized carbons (Fsp3) is 0.500.